The van der Waals surface area contributed by atoms with E-state index in [2.05, 4.69) is 10.2 Å². The average molecular weight is 568 g/mol. The first-order valence-electron chi connectivity index (χ1n) is 11.8. The van der Waals surface area contributed by atoms with Crippen LogP contribution in [0.25, 0.3) is 11.5 Å². The topological polar surface area (TPSA) is 123 Å². The molecule has 3 atom stereocenters. The van der Waals surface area contributed by atoms with Crippen molar-refractivity contribution in [3.63, 3.8) is 0 Å². The molecule has 3 aromatic rings. The summed E-state index contributed by atoms with van der Waals surface area (Å²) >= 11 is 5.95. The van der Waals surface area contributed by atoms with E-state index in [-0.39, 0.29) is 42.8 Å². The minimum Gasteiger partial charge on any atom is -0.403 e. The van der Waals surface area contributed by atoms with Gasteiger partial charge in [-0.25, -0.2) is 21.6 Å². The lowest BCUT2D eigenvalue weighted by Crippen LogP contribution is -2.62. The smallest absolute Gasteiger partial charge is 0.318 e. The number of sulfone groups is 1. The first-order valence-corrected chi connectivity index (χ1v) is 13.8. The quantitative estimate of drug-likeness (QED) is 0.510. The van der Waals surface area contributed by atoms with E-state index >= 15 is 4.39 Å². The van der Waals surface area contributed by atoms with Crippen LogP contribution >= 0.6 is 11.6 Å². The summed E-state index contributed by atoms with van der Waals surface area (Å²) in [7, 11) is -4.13. The van der Waals surface area contributed by atoms with Gasteiger partial charge >= 0.3 is 6.01 Å². The van der Waals surface area contributed by atoms with Crippen LogP contribution in [0.2, 0.25) is 5.02 Å². The van der Waals surface area contributed by atoms with Crippen LogP contribution in [0.1, 0.15) is 12.0 Å². The van der Waals surface area contributed by atoms with Crippen LogP contribution in [0, 0.1) is 17.7 Å². The molecule has 0 unspecified atom stereocenters. The Kier molecular flexibility index (Phi) is 5.74. The molecule has 3 aliphatic heterocycles. The molecule has 200 valence electrons. The lowest BCUT2D eigenvalue weighted by atomic mass is 9.67. The summed E-state index contributed by atoms with van der Waals surface area (Å²) in [6, 6.07) is 7.13. The number of carbonyl (C=O) groups is 1. The minimum atomic E-state index is -4.13. The van der Waals surface area contributed by atoms with Gasteiger partial charge in [0.2, 0.25) is 5.91 Å². The average Bonchev–Trinajstić information content (AvgIpc) is 3.36. The molecule has 2 bridgehead atoms. The first kappa shape index (κ1) is 25.1. The summed E-state index contributed by atoms with van der Waals surface area (Å²) in [5, 5.41) is 8.26. The lowest BCUT2D eigenvalue weighted by Gasteiger charge is -2.52. The van der Waals surface area contributed by atoms with E-state index in [0.717, 1.165) is 12.1 Å². The number of hydrogen-bond donors (Lipinski definition) is 1. The highest BCUT2D eigenvalue weighted by Gasteiger charge is 2.61. The first-order chi connectivity index (χ1) is 17.9. The fourth-order valence-corrected chi connectivity index (χ4v) is 6.95. The number of piperidine rings is 2. The van der Waals surface area contributed by atoms with Gasteiger partial charge in [0, 0.05) is 29.9 Å². The molecule has 4 heterocycles. The standard InChI is InChI=1S/C24H21ClF3N5O4S/c25-15-3-1-12(2-4-15)8-33-19-6-16(17(26)7-20(19)38(35,36)11-18(29)22(33)34)21-30-31-23(37-21)32-9-13-5-14(10-32)24(13,27)28/h1-4,6-7,13-14,18H,5,8-11,29H2/t13-,14+,18-/m0/s1. The van der Waals surface area contributed by atoms with E-state index in [4.69, 9.17) is 21.8 Å². The van der Waals surface area contributed by atoms with Crippen LogP contribution in [0.4, 0.5) is 24.9 Å². The third-order valence-corrected chi connectivity index (χ3v) is 9.41. The van der Waals surface area contributed by atoms with Gasteiger partial charge in [-0.05, 0) is 36.2 Å². The minimum absolute atomic E-state index is 0.0251. The summed E-state index contributed by atoms with van der Waals surface area (Å²) in [5.74, 6) is -6.97. The monoisotopic (exact) mass is 567 g/mol. The molecule has 38 heavy (non-hydrogen) atoms. The molecular formula is C24H21ClF3N5O4S. The Balaban J connectivity index is 1.39. The Morgan fingerprint density at radius 1 is 1.13 bits per heavy atom. The second-order valence-electron chi connectivity index (χ2n) is 9.84. The van der Waals surface area contributed by atoms with Crippen molar-refractivity contribution >= 4 is 39.0 Å². The fraction of sp³-hybridized carbons (Fsp3) is 0.375. The molecule has 1 amide bonds. The number of rotatable bonds is 4. The molecule has 1 aromatic heterocycles. The number of halogens is 4. The van der Waals surface area contributed by atoms with Crippen LogP contribution in [0.5, 0.6) is 0 Å². The van der Waals surface area contributed by atoms with Gasteiger partial charge < -0.3 is 20.0 Å². The van der Waals surface area contributed by atoms with Crippen molar-refractivity contribution < 1.29 is 30.8 Å². The molecule has 2 aromatic carbocycles. The number of nitrogens with two attached hydrogens (primary N) is 1. The van der Waals surface area contributed by atoms with Gasteiger partial charge in [-0.1, -0.05) is 28.8 Å². The molecule has 9 nitrogen and oxygen atoms in total. The number of aromatic nitrogens is 2. The Hall–Kier alpha value is -3.16. The maximum absolute atomic E-state index is 15.3. The van der Waals surface area contributed by atoms with Crippen molar-refractivity contribution in [1.29, 1.82) is 0 Å². The van der Waals surface area contributed by atoms with E-state index in [1.54, 1.807) is 24.3 Å². The van der Waals surface area contributed by atoms with Crippen LogP contribution in [-0.2, 0) is 21.2 Å². The van der Waals surface area contributed by atoms with E-state index in [1.807, 2.05) is 0 Å². The van der Waals surface area contributed by atoms with Crippen LogP contribution in [0.15, 0.2) is 45.7 Å². The Labute approximate surface area is 220 Å². The maximum atomic E-state index is 15.3. The van der Waals surface area contributed by atoms with Crippen molar-refractivity contribution in [2.75, 3.05) is 28.6 Å². The highest BCUT2D eigenvalue weighted by atomic mass is 35.5. The van der Waals surface area contributed by atoms with Crippen LogP contribution in [-0.4, -0.2) is 55.3 Å². The van der Waals surface area contributed by atoms with Crippen molar-refractivity contribution in [2.45, 2.75) is 29.8 Å². The molecule has 2 saturated heterocycles. The number of fused-ring (bicyclic) bond motifs is 3. The summed E-state index contributed by atoms with van der Waals surface area (Å²) in [4.78, 5) is 15.5. The highest BCUT2D eigenvalue weighted by Crippen LogP contribution is 2.53. The Bertz CT molecular complexity index is 1530. The van der Waals surface area contributed by atoms with E-state index < -0.39 is 56.0 Å². The summed E-state index contributed by atoms with van der Waals surface area (Å²) < 4.78 is 74.9. The maximum Gasteiger partial charge on any atom is 0.318 e. The predicted molar refractivity (Wildman–Crippen MR) is 131 cm³/mol. The van der Waals surface area contributed by atoms with Gasteiger partial charge in [0.05, 0.1) is 34.5 Å². The van der Waals surface area contributed by atoms with Gasteiger partial charge in [0.15, 0.2) is 9.84 Å². The number of hydrogen-bond acceptors (Lipinski definition) is 8. The molecule has 1 saturated carbocycles. The molecule has 2 N–H and O–H groups in total. The molecule has 14 heteroatoms. The summed E-state index contributed by atoms with van der Waals surface area (Å²) in [6.45, 7) is -0.00818. The largest absolute Gasteiger partial charge is 0.403 e. The number of nitrogens with zero attached hydrogens (tertiary/aromatic N) is 4. The van der Waals surface area contributed by atoms with Crippen molar-refractivity contribution in [2.24, 2.45) is 17.6 Å². The molecular weight excluding hydrogens is 547 g/mol. The Morgan fingerprint density at radius 2 is 1.82 bits per heavy atom. The zero-order chi connectivity index (χ0) is 27.0. The van der Waals surface area contributed by atoms with Gasteiger partial charge in [-0.3, -0.25) is 4.79 Å². The summed E-state index contributed by atoms with van der Waals surface area (Å²) in [5.41, 5.74) is 6.22. The third kappa shape index (κ3) is 4.03. The molecule has 7 rings (SSSR count). The number of alkyl halides is 2. The lowest BCUT2D eigenvalue weighted by molar-refractivity contribution is -0.194. The SMILES string of the molecule is N[C@H]1CS(=O)(=O)c2cc(F)c(-c3nnc(N4C[C@H]5C[C@@H](C4)C5(F)F)o3)cc2N(Cc2ccc(Cl)cc2)C1=O. The van der Waals surface area contributed by atoms with E-state index in [1.165, 1.54) is 9.80 Å². The van der Waals surface area contributed by atoms with Gasteiger partial charge in [0.1, 0.15) is 5.82 Å². The van der Waals surface area contributed by atoms with Crippen LogP contribution < -0.4 is 15.5 Å². The highest BCUT2D eigenvalue weighted by molar-refractivity contribution is 7.91. The van der Waals surface area contributed by atoms with Crippen molar-refractivity contribution in [3.05, 3.63) is 52.8 Å². The second kappa shape index (κ2) is 8.68. The van der Waals surface area contributed by atoms with Crippen molar-refractivity contribution in [3.8, 4) is 11.5 Å². The van der Waals surface area contributed by atoms with Crippen LogP contribution in [0.3, 0.4) is 0 Å². The predicted octanol–water partition coefficient (Wildman–Crippen LogP) is 3.27. The molecule has 4 aliphatic rings. The van der Waals surface area contributed by atoms with Crippen molar-refractivity contribution in [1.82, 2.24) is 10.2 Å². The molecule has 0 spiro atoms. The molecule has 0 radical (unpaired) electrons. The number of anilines is 2. The summed E-state index contributed by atoms with van der Waals surface area (Å²) in [6.07, 6.45) is 0.415. The fourth-order valence-electron chi connectivity index (χ4n) is 5.26. The van der Waals surface area contributed by atoms with E-state index in [9.17, 15) is 22.0 Å². The normalized spacial score (nSPS) is 25.5. The van der Waals surface area contributed by atoms with E-state index in [0.29, 0.717) is 17.0 Å². The molecule has 3 fully saturated rings. The van der Waals surface area contributed by atoms with Gasteiger partial charge in [0.25, 0.3) is 11.8 Å². The van der Waals surface area contributed by atoms with Gasteiger partial charge in [-0.15, -0.1) is 5.10 Å². The molecule has 1 aliphatic carbocycles. The third-order valence-electron chi connectivity index (χ3n) is 7.37. The number of benzene rings is 2. The number of carbonyl (C=O) groups excluding carboxylic acids is 1. The zero-order valence-electron chi connectivity index (χ0n) is 19.7. The number of amides is 1. The Morgan fingerprint density at radius 3 is 2.47 bits per heavy atom. The van der Waals surface area contributed by atoms with Gasteiger partial charge in [-0.2, -0.15) is 0 Å². The second-order valence-corrected chi connectivity index (χ2v) is 12.3. The zero-order valence-corrected chi connectivity index (χ0v) is 21.2.